The Bertz CT molecular complexity index is 1200. The van der Waals surface area contributed by atoms with Crippen molar-refractivity contribution in [1.29, 1.82) is 0 Å². The number of hydrogen-bond acceptors (Lipinski definition) is 6. The van der Waals surface area contributed by atoms with Crippen molar-refractivity contribution in [2.24, 2.45) is 0 Å². The van der Waals surface area contributed by atoms with Crippen molar-refractivity contribution in [1.82, 2.24) is 15.5 Å². The van der Waals surface area contributed by atoms with Crippen LogP contribution in [0.1, 0.15) is 44.8 Å². The van der Waals surface area contributed by atoms with Gasteiger partial charge in [-0.1, -0.05) is 29.4 Å². The Labute approximate surface area is 171 Å². The van der Waals surface area contributed by atoms with Gasteiger partial charge in [-0.15, -0.1) is 11.3 Å². The number of nitrogens with one attached hydrogen (secondary N) is 1. The summed E-state index contributed by atoms with van der Waals surface area (Å²) in [6.45, 7) is 2.18. The maximum atomic E-state index is 12.6. The molecule has 29 heavy (non-hydrogen) atoms. The molecular formula is C22H19N3O3S. The third kappa shape index (κ3) is 3.61. The molecule has 2 heterocycles. The van der Waals surface area contributed by atoms with Gasteiger partial charge in [0.05, 0.1) is 21.3 Å². The molecule has 1 N–H and O–H groups in total. The molecule has 0 saturated heterocycles. The van der Waals surface area contributed by atoms with Crippen LogP contribution in [-0.2, 0) is 13.0 Å². The fraction of sp³-hybridized carbons (Fsp3) is 0.227. The van der Waals surface area contributed by atoms with E-state index in [-0.39, 0.29) is 24.2 Å². The molecule has 0 aliphatic heterocycles. The molecule has 0 radical (unpaired) electrons. The van der Waals surface area contributed by atoms with Crippen LogP contribution in [0.15, 0.2) is 53.1 Å². The molecule has 4 aromatic rings. The van der Waals surface area contributed by atoms with Crippen molar-refractivity contribution in [3.8, 4) is 5.75 Å². The predicted molar refractivity (Wildman–Crippen MR) is 110 cm³/mol. The molecule has 1 amide bonds. The van der Waals surface area contributed by atoms with Gasteiger partial charge in [0, 0.05) is 12.1 Å². The monoisotopic (exact) mass is 405 g/mol. The third-order valence-corrected chi connectivity index (χ3v) is 6.03. The van der Waals surface area contributed by atoms with Crippen molar-refractivity contribution in [3.63, 3.8) is 0 Å². The number of thiazole rings is 1. The van der Waals surface area contributed by atoms with E-state index in [1.165, 1.54) is 11.1 Å². The summed E-state index contributed by atoms with van der Waals surface area (Å²) in [5.41, 5.74) is 3.65. The molecule has 1 aliphatic rings. The van der Waals surface area contributed by atoms with Crippen LogP contribution in [0.25, 0.3) is 10.2 Å². The first kappa shape index (κ1) is 17.9. The quantitative estimate of drug-likeness (QED) is 0.525. The highest BCUT2D eigenvalue weighted by molar-refractivity contribution is 7.18. The predicted octanol–water partition coefficient (Wildman–Crippen LogP) is 4.59. The molecule has 146 valence electrons. The number of hydrogen-bond donors (Lipinski definition) is 1. The first-order chi connectivity index (χ1) is 14.2. The standard InChI is InChI=1S/C22H19N3O3S/c1-13-23-19-10-15(7-9-21(19)29-13)27-12-16-11-20(25-28-16)22(26)24-18-8-6-14-4-2-3-5-17(14)18/h2-5,7,9-11,18H,6,8,12H2,1H3,(H,24,26). The summed E-state index contributed by atoms with van der Waals surface area (Å²) in [5.74, 6) is 0.963. The van der Waals surface area contributed by atoms with Crippen molar-refractivity contribution >= 4 is 27.5 Å². The van der Waals surface area contributed by atoms with Crippen molar-refractivity contribution in [3.05, 3.63) is 76.1 Å². The first-order valence-electron chi connectivity index (χ1n) is 9.50. The van der Waals surface area contributed by atoms with E-state index in [9.17, 15) is 4.79 Å². The van der Waals surface area contributed by atoms with Gasteiger partial charge in [0.2, 0.25) is 0 Å². The van der Waals surface area contributed by atoms with E-state index in [2.05, 4.69) is 27.6 Å². The third-order valence-electron chi connectivity index (χ3n) is 5.08. The molecule has 6 nitrogen and oxygen atoms in total. The maximum absolute atomic E-state index is 12.6. The number of amides is 1. The van der Waals surface area contributed by atoms with Crippen LogP contribution in [0, 0.1) is 6.92 Å². The minimum atomic E-state index is -0.235. The van der Waals surface area contributed by atoms with Gasteiger partial charge >= 0.3 is 0 Å². The van der Waals surface area contributed by atoms with E-state index in [1.807, 2.05) is 37.3 Å². The average Bonchev–Trinajstić information content (AvgIpc) is 3.44. The smallest absolute Gasteiger partial charge is 0.273 e. The number of aromatic nitrogens is 2. The molecule has 0 saturated carbocycles. The minimum absolute atomic E-state index is 0.0170. The van der Waals surface area contributed by atoms with E-state index in [0.717, 1.165) is 28.1 Å². The Morgan fingerprint density at radius 3 is 3.10 bits per heavy atom. The fourth-order valence-electron chi connectivity index (χ4n) is 3.69. The lowest BCUT2D eigenvalue weighted by Gasteiger charge is -2.12. The highest BCUT2D eigenvalue weighted by atomic mass is 32.1. The number of carbonyl (C=O) groups is 1. The Hall–Kier alpha value is -3.19. The SMILES string of the molecule is Cc1nc2cc(OCc3cc(C(=O)NC4CCc5ccccc54)no3)ccc2s1. The number of benzene rings is 2. The summed E-state index contributed by atoms with van der Waals surface area (Å²) in [7, 11) is 0. The lowest BCUT2D eigenvalue weighted by Crippen LogP contribution is -2.27. The number of ether oxygens (including phenoxy) is 1. The number of carbonyl (C=O) groups excluding carboxylic acids is 1. The molecule has 0 fully saturated rings. The van der Waals surface area contributed by atoms with Gasteiger partial charge in [0.25, 0.3) is 5.91 Å². The highest BCUT2D eigenvalue weighted by Gasteiger charge is 2.25. The molecule has 7 heteroatoms. The zero-order chi connectivity index (χ0) is 19.8. The molecule has 1 atom stereocenters. The van der Waals surface area contributed by atoms with Crippen molar-refractivity contribution < 1.29 is 14.1 Å². The van der Waals surface area contributed by atoms with Crippen LogP contribution >= 0.6 is 11.3 Å². The highest BCUT2D eigenvalue weighted by Crippen LogP contribution is 2.31. The van der Waals surface area contributed by atoms with Crippen LogP contribution in [0.2, 0.25) is 0 Å². The summed E-state index contributed by atoms with van der Waals surface area (Å²) in [5, 5.41) is 7.97. The second-order valence-corrected chi connectivity index (χ2v) is 8.33. The number of rotatable bonds is 5. The van der Waals surface area contributed by atoms with Crippen LogP contribution in [0.4, 0.5) is 0 Å². The molecule has 2 aromatic carbocycles. The summed E-state index contributed by atoms with van der Waals surface area (Å²) < 4.78 is 12.2. The normalized spacial score (nSPS) is 15.4. The Kier molecular flexibility index (Phi) is 4.52. The average molecular weight is 405 g/mol. The largest absolute Gasteiger partial charge is 0.485 e. The molecule has 1 aliphatic carbocycles. The van der Waals surface area contributed by atoms with Crippen molar-refractivity contribution in [2.45, 2.75) is 32.4 Å². The van der Waals surface area contributed by atoms with E-state index >= 15 is 0 Å². The van der Waals surface area contributed by atoms with Gasteiger partial charge in [0.1, 0.15) is 12.4 Å². The van der Waals surface area contributed by atoms with E-state index < -0.39 is 0 Å². The van der Waals surface area contributed by atoms with Gasteiger partial charge < -0.3 is 14.6 Å². The summed E-state index contributed by atoms with van der Waals surface area (Å²) >= 11 is 1.65. The lowest BCUT2D eigenvalue weighted by molar-refractivity contribution is 0.0927. The van der Waals surface area contributed by atoms with Crippen LogP contribution < -0.4 is 10.1 Å². The van der Waals surface area contributed by atoms with Gasteiger partial charge in [-0.2, -0.15) is 0 Å². The van der Waals surface area contributed by atoms with E-state index in [1.54, 1.807) is 17.4 Å². The Morgan fingerprint density at radius 1 is 1.28 bits per heavy atom. The number of nitrogens with zero attached hydrogens (tertiary/aromatic N) is 2. The Morgan fingerprint density at radius 2 is 2.17 bits per heavy atom. The maximum Gasteiger partial charge on any atom is 0.273 e. The van der Waals surface area contributed by atoms with Gasteiger partial charge in [-0.3, -0.25) is 4.79 Å². The molecule has 2 aromatic heterocycles. The minimum Gasteiger partial charge on any atom is -0.485 e. The number of aryl methyl sites for hydroxylation is 2. The van der Waals surface area contributed by atoms with Gasteiger partial charge in [-0.05, 0) is 43.0 Å². The first-order valence-corrected chi connectivity index (χ1v) is 10.3. The molecule has 5 rings (SSSR count). The van der Waals surface area contributed by atoms with Crippen LogP contribution in [0.5, 0.6) is 5.75 Å². The van der Waals surface area contributed by atoms with Crippen LogP contribution in [-0.4, -0.2) is 16.0 Å². The molecule has 0 bridgehead atoms. The van der Waals surface area contributed by atoms with E-state index in [0.29, 0.717) is 11.5 Å². The molecular weight excluding hydrogens is 386 g/mol. The zero-order valence-electron chi connectivity index (χ0n) is 15.8. The lowest BCUT2D eigenvalue weighted by atomic mass is 10.1. The Balaban J connectivity index is 1.22. The molecule has 1 unspecified atom stereocenters. The second-order valence-electron chi connectivity index (χ2n) is 7.09. The zero-order valence-corrected chi connectivity index (χ0v) is 16.7. The van der Waals surface area contributed by atoms with Gasteiger partial charge in [0.15, 0.2) is 11.5 Å². The van der Waals surface area contributed by atoms with Gasteiger partial charge in [-0.25, -0.2) is 4.98 Å². The summed E-state index contributed by atoms with van der Waals surface area (Å²) in [4.78, 5) is 17.0. The molecule has 0 spiro atoms. The second kappa shape index (κ2) is 7.33. The fourth-order valence-corrected chi connectivity index (χ4v) is 4.50. The summed E-state index contributed by atoms with van der Waals surface area (Å²) in [6.07, 6.45) is 1.87. The topological polar surface area (TPSA) is 77.2 Å². The van der Waals surface area contributed by atoms with E-state index in [4.69, 9.17) is 9.26 Å². The number of fused-ring (bicyclic) bond motifs is 2. The van der Waals surface area contributed by atoms with Crippen LogP contribution in [0.3, 0.4) is 0 Å². The summed E-state index contributed by atoms with van der Waals surface area (Å²) in [6, 6.07) is 15.6. The van der Waals surface area contributed by atoms with Crippen molar-refractivity contribution in [2.75, 3.05) is 0 Å².